The molecule has 2 N–H and O–H groups in total. The normalized spacial score (nSPS) is 25.4. The van der Waals surface area contributed by atoms with E-state index < -0.39 is 12.0 Å². The van der Waals surface area contributed by atoms with Gasteiger partial charge in [0, 0.05) is 10.2 Å². The Morgan fingerprint density at radius 3 is 3.00 bits per heavy atom. The van der Waals surface area contributed by atoms with E-state index in [2.05, 4.69) is 21.2 Å². The summed E-state index contributed by atoms with van der Waals surface area (Å²) in [6, 6.07) is 7.49. The monoisotopic (exact) mass is 287 g/mol. The molecule has 0 spiro atoms. The number of benzene rings is 1. The topological polar surface area (TPSA) is 49.3 Å². The van der Waals surface area contributed by atoms with Crippen LogP contribution in [0.15, 0.2) is 28.7 Å². The van der Waals surface area contributed by atoms with Gasteiger partial charge in [0.1, 0.15) is 6.04 Å². The van der Waals surface area contributed by atoms with Crippen LogP contribution in [0.2, 0.25) is 0 Å². The number of aliphatic carboxylic acids is 1. The second-order valence-corrected chi connectivity index (χ2v) is 5.38. The van der Waals surface area contributed by atoms with Crippen LogP contribution in [0.25, 0.3) is 0 Å². The Labute approximate surface area is 100 Å². The molecule has 2 atom stereocenters. The minimum Gasteiger partial charge on any atom is -0.480 e. The van der Waals surface area contributed by atoms with Crippen molar-refractivity contribution in [2.75, 3.05) is 5.75 Å². The summed E-state index contributed by atoms with van der Waals surface area (Å²) in [7, 11) is 0. The van der Waals surface area contributed by atoms with Crippen molar-refractivity contribution in [3.8, 4) is 0 Å². The molecule has 2 rings (SSSR count). The van der Waals surface area contributed by atoms with Crippen LogP contribution < -0.4 is 5.32 Å². The number of carboxylic acids is 1. The fraction of sp³-hybridized carbons (Fsp3) is 0.300. The summed E-state index contributed by atoms with van der Waals surface area (Å²) in [5.41, 5.74) is 1.11. The maximum atomic E-state index is 10.8. The maximum Gasteiger partial charge on any atom is 0.321 e. The summed E-state index contributed by atoms with van der Waals surface area (Å²) in [5.74, 6) is -0.160. The van der Waals surface area contributed by atoms with Gasteiger partial charge in [0.15, 0.2) is 0 Å². The molecule has 0 amide bonds. The highest BCUT2D eigenvalue weighted by Gasteiger charge is 2.30. The first-order valence-corrected chi connectivity index (χ1v) is 6.37. The molecule has 0 saturated carbocycles. The number of rotatable bonds is 2. The zero-order valence-electron chi connectivity index (χ0n) is 7.81. The third kappa shape index (κ3) is 2.53. The molecule has 5 heteroatoms. The van der Waals surface area contributed by atoms with Crippen molar-refractivity contribution in [1.82, 2.24) is 5.32 Å². The number of carbonyl (C=O) groups is 1. The summed E-state index contributed by atoms with van der Waals surface area (Å²) < 4.78 is 1.01. The van der Waals surface area contributed by atoms with Gasteiger partial charge in [-0.15, -0.1) is 11.8 Å². The van der Waals surface area contributed by atoms with Crippen molar-refractivity contribution < 1.29 is 9.90 Å². The van der Waals surface area contributed by atoms with Gasteiger partial charge in [0.05, 0.1) is 5.37 Å². The van der Waals surface area contributed by atoms with Crippen LogP contribution in [0.3, 0.4) is 0 Å². The lowest BCUT2D eigenvalue weighted by atomic mass is 10.2. The first-order valence-electron chi connectivity index (χ1n) is 4.53. The van der Waals surface area contributed by atoms with Crippen molar-refractivity contribution in [1.29, 1.82) is 0 Å². The van der Waals surface area contributed by atoms with Crippen LogP contribution in [0.5, 0.6) is 0 Å². The van der Waals surface area contributed by atoms with Crippen LogP contribution in [-0.4, -0.2) is 22.9 Å². The summed E-state index contributed by atoms with van der Waals surface area (Å²) >= 11 is 5.03. The fourth-order valence-electron chi connectivity index (χ4n) is 1.48. The fourth-order valence-corrected chi connectivity index (χ4v) is 3.12. The standard InChI is InChI=1S/C10H10BrNO2S/c11-7-3-1-2-6(4-7)9-12-8(5-15-9)10(13)14/h1-4,8-9,12H,5H2,(H,13,14). The minimum atomic E-state index is -0.778. The van der Waals surface area contributed by atoms with Crippen LogP contribution in [0.1, 0.15) is 10.9 Å². The van der Waals surface area contributed by atoms with Crippen LogP contribution >= 0.6 is 27.7 Å². The molecule has 80 valence electrons. The number of hydrogen-bond acceptors (Lipinski definition) is 3. The molecular formula is C10H10BrNO2S. The molecule has 1 fully saturated rings. The van der Waals surface area contributed by atoms with Gasteiger partial charge >= 0.3 is 5.97 Å². The number of thioether (sulfide) groups is 1. The van der Waals surface area contributed by atoms with Gasteiger partial charge in [-0.2, -0.15) is 0 Å². The molecule has 15 heavy (non-hydrogen) atoms. The zero-order valence-corrected chi connectivity index (χ0v) is 10.2. The van der Waals surface area contributed by atoms with Crippen LogP contribution in [-0.2, 0) is 4.79 Å². The van der Waals surface area contributed by atoms with Crippen LogP contribution in [0, 0.1) is 0 Å². The van der Waals surface area contributed by atoms with Gasteiger partial charge in [0.2, 0.25) is 0 Å². The highest BCUT2D eigenvalue weighted by molar-refractivity contribution is 9.10. The van der Waals surface area contributed by atoms with E-state index in [4.69, 9.17) is 5.11 Å². The maximum absolute atomic E-state index is 10.8. The van der Waals surface area contributed by atoms with Crippen LogP contribution in [0.4, 0.5) is 0 Å². The van der Waals surface area contributed by atoms with Crippen molar-refractivity contribution in [2.45, 2.75) is 11.4 Å². The number of carboxylic acid groups (broad SMARTS) is 1. The Kier molecular flexibility index (Phi) is 3.33. The van der Waals surface area contributed by atoms with Crippen molar-refractivity contribution >= 4 is 33.7 Å². The van der Waals surface area contributed by atoms with Gasteiger partial charge in [-0.3, -0.25) is 10.1 Å². The molecule has 0 radical (unpaired) electrons. The molecule has 2 unspecified atom stereocenters. The molecule has 1 aromatic rings. The van der Waals surface area contributed by atoms with Gasteiger partial charge in [-0.05, 0) is 17.7 Å². The Morgan fingerprint density at radius 1 is 1.60 bits per heavy atom. The predicted octanol–water partition coefficient (Wildman–Crippen LogP) is 2.24. The van der Waals surface area contributed by atoms with Gasteiger partial charge < -0.3 is 5.11 Å². The van der Waals surface area contributed by atoms with Gasteiger partial charge in [-0.1, -0.05) is 28.1 Å². The number of nitrogens with one attached hydrogen (secondary N) is 1. The first-order chi connectivity index (χ1) is 7.16. The molecule has 1 aromatic carbocycles. The molecule has 1 heterocycles. The molecule has 1 saturated heterocycles. The predicted molar refractivity (Wildman–Crippen MR) is 63.9 cm³/mol. The lowest BCUT2D eigenvalue weighted by molar-refractivity contribution is -0.138. The van der Waals surface area contributed by atoms with E-state index in [1.54, 1.807) is 11.8 Å². The number of halogens is 1. The highest BCUT2D eigenvalue weighted by atomic mass is 79.9. The van der Waals surface area contributed by atoms with E-state index >= 15 is 0 Å². The van der Waals surface area contributed by atoms with Crippen molar-refractivity contribution in [3.05, 3.63) is 34.3 Å². The van der Waals surface area contributed by atoms with Crippen molar-refractivity contribution in [2.24, 2.45) is 0 Å². The van der Waals surface area contributed by atoms with E-state index in [1.165, 1.54) is 0 Å². The van der Waals surface area contributed by atoms with Gasteiger partial charge in [0.25, 0.3) is 0 Å². The SMILES string of the molecule is O=C(O)C1CSC(c2cccc(Br)c2)N1. The van der Waals surface area contributed by atoms with E-state index in [0.717, 1.165) is 10.0 Å². The number of hydrogen-bond donors (Lipinski definition) is 2. The molecule has 0 aromatic heterocycles. The van der Waals surface area contributed by atoms with E-state index in [9.17, 15) is 4.79 Å². The highest BCUT2D eigenvalue weighted by Crippen LogP contribution is 2.33. The summed E-state index contributed by atoms with van der Waals surface area (Å²) in [6.07, 6.45) is 0. The zero-order chi connectivity index (χ0) is 10.8. The minimum absolute atomic E-state index is 0.0867. The Balaban J connectivity index is 2.11. The Hall–Kier alpha value is -0.520. The Bertz CT molecular complexity index is 385. The first kappa shape index (κ1) is 11.0. The molecule has 3 nitrogen and oxygen atoms in total. The third-order valence-electron chi connectivity index (χ3n) is 2.23. The lowest BCUT2D eigenvalue weighted by Crippen LogP contribution is -2.33. The molecule has 1 aliphatic heterocycles. The second kappa shape index (κ2) is 4.55. The summed E-state index contributed by atoms with van der Waals surface area (Å²) in [6.45, 7) is 0. The molecular weight excluding hydrogens is 278 g/mol. The molecule has 0 aliphatic carbocycles. The largest absolute Gasteiger partial charge is 0.480 e. The summed E-state index contributed by atoms with van der Waals surface area (Å²) in [5, 5.41) is 12.0. The quantitative estimate of drug-likeness (QED) is 0.876. The smallest absolute Gasteiger partial charge is 0.321 e. The van der Waals surface area contributed by atoms with E-state index in [-0.39, 0.29) is 5.37 Å². The second-order valence-electron chi connectivity index (χ2n) is 3.33. The van der Waals surface area contributed by atoms with E-state index in [1.807, 2.05) is 24.3 Å². The molecule has 1 aliphatic rings. The lowest BCUT2D eigenvalue weighted by Gasteiger charge is -2.11. The van der Waals surface area contributed by atoms with Gasteiger partial charge in [-0.25, -0.2) is 0 Å². The van der Waals surface area contributed by atoms with Crippen molar-refractivity contribution in [3.63, 3.8) is 0 Å². The average molecular weight is 288 g/mol. The Morgan fingerprint density at radius 2 is 2.40 bits per heavy atom. The third-order valence-corrected chi connectivity index (χ3v) is 3.99. The summed E-state index contributed by atoms with van der Waals surface area (Å²) in [4.78, 5) is 10.8. The average Bonchev–Trinajstić information content (AvgIpc) is 2.66. The molecule has 0 bridgehead atoms. The van der Waals surface area contributed by atoms with E-state index in [0.29, 0.717) is 5.75 Å².